The van der Waals surface area contributed by atoms with Crippen LogP contribution in [0.4, 0.5) is 0 Å². The van der Waals surface area contributed by atoms with Crippen LogP contribution in [0.5, 0.6) is 0 Å². The summed E-state index contributed by atoms with van der Waals surface area (Å²) in [6.07, 6.45) is 58.2. The van der Waals surface area contributed by atoms with Gasteiger partial charge in [0.05, 0.1) is 0 Å². The zero-order chi connectivity index (χ0) is 57.7. The van der Waals surface area contributed by atoms with Gasteiger partial charge in [-0.15, -0.1) is 0 Å². The van der Waals surface area contributed by atoms with Crippen LogP contribution in [0.2, 0.25) is 24.1 Å². The molecule has 0 nitrogen and oxygen atoms in total. The average Bonchev–Trinajstić information content (AvgIpc) is 1.53. The van der Waals surface area contributed by atoms with Crippen LogP contribution in [0.1, 0.15) is 73.6 Å². The normalized spacial score (nSPS) is 33.9. The van der Waals surface area contributed by atoms with E-state index in [1.807, 2.05) is 0 Å². The van der Waals surface area contributed by atoms with Gasteiger partial charge in [0, 0.05) is 0 Å². The molecular weight excluding hydrogens is 1240 g/mol. The van der Waals surface area contributed by atoms with Crippen molar-refractivity contribution >= 4 is 81.7 Å². The van der Waals surface area contributed by atoms with Crippen molar-refractivity contribution in [3.8, 4) is 0 Å². The first-order chi connectivity index (χ1) is 40.1. The summed E-state index contributed by atoms with van der Waals surface area (Å²) in [7, 11) is 17.7. The van der Waals surface area contributed by atoms with Crippen molar-refractivity contribution in [2.24, 2.45) is 0 Å². The van der Waals surface area contributed by atoms with Gasteiger partial charge < -0.3 is 0 Å². The SMILES string of the molecule is CSc1ccc(C2C=CC=CC3=C2C=C(C)[C]32[SiH](C)[C]3(C(C)=CC4=C3C=CC=CC4c3ccc(SC)cc3)[Zr]23([Cl])([Cl])[C]2(C(C)=CC4=C2C=CC=CC4c2ccc(SC)cc2)[SiH](C)[C]32C(C)=CC3=C2C=CC=CC3c2ccc(SC)cc2)cc1. The Kier molecular flexibility index (Phi) is 13.5. The van der Waals surface area contributed by atoms with E-state index in [9.17, 15) is 17.0 Å². The third-order valence-corrected chi connectivity index (χ3v) is 111. The molecule has 0 aromatic heterocycles. The molecule has 8 atom stereocenters. The van der Waals surface area contributed by atoms with E-state index in [0.29, 0.717) is 0 Å². The van der Waals surface area contributed by atoms with Crippen molar-refractivity contribution in [2.45, 2.75) is 95.0 Å². The van der Waals surface area contributed by atoms with E-state index in [0.717, 1.165) is 0 Å². The van der Waals surface area contributed by atoms with E-state index >= 15 is 0 Å². The molecule has 9 heteroatoms. The van der Waals surface area contributed by atoms with Crippen molar-refractivity contribution in [3.63, 3.8) is 0 Å². The van der Waals surface area contributed by atoms with Crippen molar-refractivity contribution in [3.05, 3.63) is 308 Å². The molecule has 0 bridgehead atoms. The predicted octanol–water partition coefficient (Wildman–Crippen LogP) is 21.6. The zero-order valence-electron chi connectivity index (χ0n) is 49.1. The fourth-order valence-electron chi connectivity index (χ4n) is 21.1. The van der Waals surface area contributed by atoms with E-state index in [2.05, 4.69) is 284 Å². The molecule has 2 heterocycles. The molecular formula is C74H72Cl2S4Si2Zr. The topological polar surface area (TPSA) is 0 Å². The first kappa shape index (κ1) is 56.8. The van der Waals surface area contributed by atoms with Crippen LogP contribution in [0.25, 0.3) is 0 Å². The molecule has 2 saturated heterocycles. The number of hydrogen-bond donors (Lipinski definition) is 0. The van der Waals surface area contributed by atoms with Crippen LogP contribution < -0.4 is 0 Å². The molecule has 10 aliphatic rings. The fraction of sp³-hybridized carbons (Fsp3) is 0.243. The number of fused-ring (bicyclic) bond motifs is 8. The molecule has 83 heavy (non-hydrogen) atoms. The maximum atomic E-state index is 11.3. The van der Waals surface area contributed by atoms with Crippen LogP contribution in [-0.2, 0) is 14.9 Å². The maximum absolute atomic E-state index is 11.3. The molecule has 2 aliphatic heterocycles. The quantitative estimate of drug-likeness (QED) is 0.127. The van der Waals surface area contributed by atoms with E-state index in [1.54, 1.807) is 47.0 Å². The summed E-state index contributed by atoms with van der Waals surface area (Å²) < 4.78 is -2.66. The second kappa shape index (κ2) is 19.8. The monoisotopic (exact) mass is 1300 g/mol. The number of allylic oxidation sites excluding steroid dienone is 32. The Balaban J connectivity index is 1.18. The van der Waals surface area contributed by atoms with E-state index in [4.69, 9.17) is 0 Å². The molecule has 0 amide bonds. The summed E-state index contributed by atoms with van der Waals surface area (Å²) in [6, 6.07) is 37.5. The van der Waals surface area contributed by atoms with Crippen LogP contribution >= 0.6 is 64.1 Å². The van der Waals surface area contributed by atoms with Crippen LogP contribution in [0, 0.1) is 0 Å². The molecule has 418 valence electrons. The Morgan fingerprint density at radius 2 is 0.542 bits per heavy atom. The zero-order valence-corrected chi connectivity index (χ0v) is 58.7. The minimum atomic E-state index is -7.50. The Hall–Kier alpha value is -3.98. The molecule has 0 saturated carbocycles. The molecule has 14 rings (SSSR count). The van der Waals surface area contributed by atoms with Gasteiger partial charge in [0.1, 0.15) is 0 Å². The van der Waals surface area contributed by atoms with E-state index in [-0.39, 0.29) is 23.7 Å². The summed E-state index contributed by atoms with van der Waals surface area (Å²) >= 11 is -0.296. The predicted molar refractivity (Wildman–Crippen MR) is 369 cm³/mol. The number of benzene rings is 4. The average molecular weight is 1310 g/mol. The number of thioether (sulfide) groups is 4. The van der Waals surface area contributed by atoms with Crippen molar-refractivity contribution in [1.29, 1.82) is 0 Å². The van der Waals surface area contributed by atoms with Crippen molar-refractivity contribution < 1.29 is 14.9 Å². The van der Waals surface area contributed by atoms with Crippen molar-refractivity contribution in [2.75, 3.05) is 25.0 Å². The summed E-state index contributed by atoms with van der Waals surface area (Å²) in [5, 5.41) is 0. The first-order valence-corrected chi connectivity index (χ1v) is 50.3. The van der Waals surface area contributed by atoms with Gasteiger partial charge in [-0.05, 0) is 0 Å². The van der Waals surface area contributed by atoms with Crippen LogP contribution in [0.3, 0.4) is 0 Å². The third kappa shape index (κ3) is 6.28. The molecule has 4 aromatic carbocycles. The van der Waals surface area contributed by atoms with Crippen LogP contribution in [0.15, 0.2) is 305 Å². The molecule has 5 spiro atoms. The molecule has 0 radical (unpaired) electrons. The van der Waals surface area contributed by atoms with Gasteiger partial charge in [0.15, 0.2) is 0 Å². The molecule has 8 unspecified atom stereocenters. The number of rotatable bonds is 8. The van der Waals surface area contributed by atoms with Gasteiger partial charge in [-0.1, -0.05) is 0 Å². The van der Waals surface area contributed by atoms with Crippen LogP contribution in [-0.4, -0.2) is 42.6 Å². The van der Waals surface area contributed by atoms with Gasteiger partial charge in [0.25, 0.3) is 0 Å². The van der Waals surface area contributed by atoms with E-state index in [1.165, 1.54) is 109 Å². The van der Waals surface area contributed by atoms with Gasteiger partial charge in [-0.2, -0.15) is 0 Å². The number of hydrogen-bond acceptors (Lipinski definition) is 4. The Morgan fingerprint density at radius 3 is 0.735 bits per heavy atom. The second-order valence-corrected chi connectivity index (χ2v) is 68.4. The molecule has 4 aromatic rings. The minimum absolute atomic E-state index is 0.00835. The van der Waals surface area contributed by atoms with Gasteiger partial charge in [0.2, 0.25) is 0 Å². The molecule has 2 fully saturated rings. The molecule has 8 aliphatic carbocycles. The van der Waals surface area contributed by atoms with Gasteiger partial charge >= 0.3 is 524 Å². The summed E-state index contributed by atoms with van der Waals surface area (Å²) in [5.74, 6) is 0.0334. The van der Waals surface area contributed by atoms with E-state index < -0.39 is 43.5 Å². The Labute approximate surface area is 519 Å². The Bertz CT molecular complexity index is 3550. The van der Waals surface area contributed by atoms with Crippen molar-refractivity contribution in [1.82, 2.24) is 0 Å². The fourth-order valence-corrected chi connectivity index (χ4v) is 147. The molecule has 0 N–H and O–H groups in total. The first-order valence-electron chi connectivity index (χ1n) is 29.5. The number of halogens is 2. The Morgan fingerprint density at radius 1 is 0.337 bits per heavy atom. The summed E-state index contributed by atoms with van der Waals surface area (Å²) in [4.78, 5) is 5.08. The third-order valence-electron chi connectivity index (χ3n) is 23.0. The van der Waals surface area contributed by atoms with Gasteiger partial charge in [-0.25, -0.2) is 0 Å². The second-order valence-electron chi connectivity index (χ2n) is 25.0. The van der Waals surface area contributed by atoms with Gasteiger partial charge in [-0.3, -0.25) is 0 Å². The summed E-state index contributed by atoms with van der Waals surface area (Å²) in [6.45, 7) is 15.6. The summed E-state index contributed by atoms with van der Waals surface area (Å²) in [5.41, 5.74) is 21.9. The standard InChI is InChI=1S/2C37H36S2Si.2ClH.Zr/c2*1-24-22-34-30(26-14-18-28(38-3)19-15-26)10-6-8-12-32(34)36(24)40(5)37-25(2)23-35-31(11-7-9-13-33(35)37)27-16-20-29(39-4)21-17-27;;;/h2*6-23,30-31,40H,1-5H3;2*1H;/q;;;;+2/p-2.